The number of hydrogen-bond acceptors (Lipinski definition) is 5. The van der Waals surface area contributed by atoms with Gasteiger partial charge in [0.25, 0.3) is 5.91 Å². The Morgan fingerprint density at radius 2 is 1.79 bits per heavy atom. The molecule has 0 radical (unpaired) electrons. The van der Waals surface area contributed by atoms with Crippen molar-refractivity contribution in [2.75, 3.05) is 18.4 Å². The van der Waals surface area contributed by atoms with Crippen LogP contribution in [0.4, 0.5) is 10.1 Å². The zero-order chi connectivity index (χ0) is 21.2. The minimum atomic E-state index is -4.24. The lowest BCUT2D eigenvalue weighted by atomic mass is 9.99. The number of nitrogens with one attached hydrogen (secondary N) is 1. The highest BCUT2D eigenvalue weighted by Crippen LogP contribution is 2.27. The van der Waals surface area contributed by atoms with Gasteiger partial charge < -0.3 is 15.2 Å². The summed E-state index contributed by atoms with van der Waals surface area (Å²) in [6.07, 6.45) is 0.158. The van der Waals surface area contributed by atoms with Gasteiger partial charge in [0, 0.05) is 30.5 Å². The molecule has 0 aliphatic carbocycles. The minimum Gasteiger partial charge on any atom is -0.550 e. The zero-order valence-electron chi connectivity index (χ0n) is 15.1. The molecule has 0 spiro atoms. The van der Waals surface area contributed by atoms with Crippen LogP contribution < -0.4 is 10.4 Å². The molecule has 154 valence electrons. The number of hydrogen-bond donors (Lipinski definition) is 1. The largest absolute Gasteiger partial charge is 0.550 e. The van der Waals surface area contributed by atoms with Crippen molar-refractivity contribution >= 4 is 39.2 Å². The van der Waals surface area contributed by atoms with Gasteiger partial charge in [0.05, 0.1) is 10.7 Å². The quantitative estimate of drug-likeness (QED) is 0.765. The highest BCUT2D eigenvalue weighted by atomic mass is 35.5. The molecule has 2 aromatic carbocycles. The van der Waals surface area contributed by atoms with Crippen LogP contribution in [0.25, 0.3) is 0 Å². The molecule has 0 atom stereocenters. The lowest BCUT2D eigenvalue weighted by Gasteiger charge is -2.31. The molecule has 1 aliphatic heterocycles. The highest BCUT2D eigenvalue weighted by molar-refractivity contribution is 7.89. The van der Waals surface area contributed by atoms with Gasteiger partial charge in [-0.2, -0.15) is 4.31 Å². The lowest BCUT2D eigenvalue weighted by Crippen LogP contribution is -2.43. The smallest absolute Gasteiger partial charge is 0.255 e. The fourth-order valence-electron chi connectivity index (χ4n) is 3.07. The first kappa shape index (κ1) is 21.2. The van der Waals surface area contributed by atoms with Gasteiger partial charge in [0.15, 0.2) is 0 Å². The third kappa shape index (κ3) is 4.58. The van der Waals surface area contributed by atoms with E-state index < -0.39 is 38.5 Å². The second-order valence-corrected chi connectivity index (χ2v) is 8.89. The molecule has 1 fully saturated rings. The Labute approximate surface area is 172 Å². The summed E-state index contributed by atoms with van der Waals surface area (Å²) in [5, 5.41) is 13.8. The Morgan fingerprint density at radius 1 is 1.14 bits per heavy atom. The number of amides is 1. The second kappa shape index (κ2) is 8.48. The van der Waals surface area contributed by atoms with E-state index in [1.54, 1.807) is 24.3 Å². The number of sulfonamides is 1. The van der Waals surface area contributed by atoms with Gasteiger partial charge in [-0.15, -0.1) is 0 Å². The Balaban J connectivity index is 1.84. The summed E-state index contributed by atoms with van der Waals surface area (Å²) in [6.45, 7) is -0.146. The van der Waals surface area contributed by atoms with E-state index >= 15 is 0 Å². The summed E-state index contributed by atoms with van der Waals surface area (Å²) in [6, 6.07) is 9.53. The van der Waals surface area contributed by atoms with Crippen molar-refractivity contribution < 1.29 is 27.5 Å². The first-order chi connectivity index (χ1) is 13.7. The molecular formula is C19H17ClFN2O5S-. The van der Waals surface area contributed by atoms with Crippen LogP contribution >= 0.6 is 11.6 Å². The van der Waals surface area contributed by atoms with Crippen LogP contribution in [-0.2, 0) is 14.8 Å². The molecule has 1 heterocycles. The highest BCUT2D eigenvalue weighted by Gasteiger charge is 2.32. The van der Waals surface area contributed by atoms with Crippen LogP contribution in [0, 0.1) is 11.7 Å². The van der Waals surface area contributed by atoms with E-state index in [0.29, 0.717) is 10.7 Å². The van der Waals surface area contributed by atoms with E-state index in [-0.39, 0.29) is 31.5 Å². The summed E-state index contributed by atoms with van der Waals surface area (Å²) in [4.78, 5) is 22.8. The Hall–Kier alpha value is -2.49. The molecule has 0 bridgehead atoms. The average molecular weight is 440 g/mol. The first-order valence-corrected chi connectivity index (χ1v) is 10.6. The Kier molecular flexibility index (Phi) is 6.21. The molecule has 1 saturated heterocycles. The van der Waals surface area contributed by atoms with Crippen LogP contribution in [0.5, 0.6) is 0 Å². The van der Waals surface area contributed by atoms with Crippen LogP contribution in [0.3, 0.4) is 0 Å². The number of carboxylic acid groups (broad SMARTS) is 1. The van der Waals surface area contributed by atoms with Crippen LogP contribution in [-0.4, -0.2) is 37.7 Å². The van der Waals surface area contributed by atoms with E-state index in [9.17, 15) is 27.5 Å². The first-order valence-electron chi connectivity index (χ1n) is 8.76. The van der Waals surface area contributed by atoms with Crippen molar-refractivity contribution in [1.29, 1.82) is 0 Å². The number of anilines is 1. The number of aliphatic carboxylic acids is 1. The van der Waals surface area contributed by atoms with Gasteiger partial charge in [-0.3, -0.25) is 4.79 Å². The molecule has 10 heteroatoms. The summed E-state index contributed by atoms with van der Waals surface area (Å²) in [5.41, 5.74) is 0.270. The number of carbonyl (C=O) groups excluding carboxylic acids is 2. The molecule has 1 aliphatic rings. The second-order valence-electron chi connectivity index (χ2n) is 6.58. The predicted molar refractivity (Wildman–Crippen MR) is 102 cm³/mol. The number of benzene rings is 2. The average Bonchev–Trinajstić information content (AvgIpc) is 2.70. The number of para-hydroxylation sites is 1. The molecule has 0 saturated carbocycles. The maximum Gasteiger partial charge on any atom is 0.255 e. The molecule has 29 heavy (non-hydrogen) atoms. The lowest BCUT2D eigenvalue weighted by molar-refractivity contribution is -0.312. The zero-order valence-corrected chi connectivity index (χ0v) is 16.7. The van der Waals surface area contributed by atoms with Crippen LogP contribution in [0.1, 0.15) is 23.2 Å². The van der Waals surface area contributed by atoms with Gasteiger partial charge in [-0.25, -0.2) is 12.8 Å². The summed E-state index contributed by atoms with van der Waals surface area (Å²) < 4.78 is 41.0. The van der Waals surface area contributed by atoms with Crippen molar-refractivity contribution in [3.05, 3.63) is 58.9 Å². The van der Waals surface area contributed by atoms with Gasteiger partial charge in [0.1, 0.15) is 10.7 Å². The van der Waals surface area contributed by atoms with E-state index in [1.165, 1.54) is 6.07 Å². The van der Waals surface area contributed by atoms with Gasteiger partial charge in [-0.1, -0.05) is 23.7 Å². The number of piperidine rings is 1. The topological polar surface area (TPSA) is 107 Å². The maximum absolute atomic E-state index is 14.3. The van der Waals surface area contributed by atoms with Crippen molar-refractivity contribution in [2.45, 2.75) is 17.7 Å². The maximum atomic E-state index is 14.3. The monoisotopic (exact) mass is 439 g/mol. The Morgan fingerprint density at radius 3 is 2.41 bits per heavy atom. The minimum absolute atomic E-state index is 0.0606. The summed E-state index contributed by atoms with van der Waals surface area (Å²) in [7, 11) is -4.24. The summed E-state index contributed by atoms with van der Waals surface area (Å²) >= 11 is 6.00. The van der Waals surface area contributed by atoms with Crippen molar-refractivity contribution in [3.8, 4) is 0 Å². The standard InChI is InChI=1S/C19H18ClFN2O5S/c20-14-3-1-2-4-16(14)22-18(24)13-5-6-15(21)17(11-13)29(27,28)23-9-7-12(8-10-23)19(25)26/h1-6,11-12H,7-10H2,(H,22,24)(H,25,26)/p-1. The number of rotatable bonds is 5. The molecule has 7 nitrogen and oxygen atoms in total. The SMILES string of the molecule is O=C(Nc1ccccc1Cl)c1ccc(F)c(S(=O)(=O)N2CCC(C(=O)[O-])CC2)c1. The molecule has 1 N–H and O–H groups in total. The van der Waals surface area contributed by atoms with Crippen molar-refractivity contribution in [1.82, 2.24) is 4.31 Å². The third-order valence-electron chi connectivity index (χ3n) is 4.72. The third-order valence-corrected chi connectivity index (χ3v) is 6.96. The fraction of sp³-hybridized carbons (Fsp3) is 0.263. The molecule has 0 aromatic heterocycles. The van der Waals surface area contributed by atoms with Crippen molar-refractivity contribution in [3.63, 3.8) is 0 Å². The van der Waals surface area contributed by atoms with E-state index in [2.05, 4.69) is 5.32 Å². The summed E-state index contributed by atoms with van der Waals surface area (Å²) in [5.74, 6) is -3.61. The van der Waals surface area contributed by atoms with E-state index in [1.807, 2.05) is 0 Å². The van der Waals surface area contributed by atoms with E-state index in [0.717, 1.165) is 16.4 Å². The molecule has 1 amide bonds. The predicted octanol–water partition coefficient (Wildman–Crippen LogP) is 1.88. The van der Waals surface area contributed by atoms with Crippen molar-refractivity contribution in [2.24, 2.45) is 5.92 Å². The molecule has 0 unspecified atom stereocenters. The molecule has 3 rings (SSSR count). The normalized spacial score (nSPS) is 15.8. The van der Waals surface area contributed by atoms with Crippen LogP contribution in [0.15, 0.2) is 47.4 Å². The van der Waals surface area contributed by atoms with E-state index in [4.69, 9.17) is 11.6 Å². The van der Waals surface area contributed by atoms with Gasteiger partial charge in [-0.05, 0) is 43.2 Å². The van der Waals surface area contributed by atoms with Gasteiger partial charge >= 0.3 is 0 Å². The van der Waals surface area contributed by atoms with Gasteiger partial charge in [0.2, 0.25) is 10.0 Å². The van der Waals surface area contributed by atoms with Crippen LogP contribution in [0.2, 0.25) is 5.02 Å². The molecular weight excluding hydrogens is 423 g/mol. The number of carboxylic acids is 1. The molecule has 2 aromatic rings. The Bertz CT molecular complexity index is 1050. The fourth-order valence-corrected chi connectivity index (χ4v) is 4.81. The number of carbonyl (C=O) groups is 2. The number of halogens is 2. The number of nitrogens with zero attached hydrogens (tertiary/aromatic N) is 1.